The van der Waals surface area contributed by atoms with Crippen LogP contribution in [0.2, 0.25) is 0 Å². The Bertz CT molecular complexity index is 350. The van der Waals surface area contributed by atoms with E-state index in [2.05, 4.69) is 31.3 Å². The maximum absolute atomic E-state index is 5.66. The summed E-state index contributed by atoms with van der Waals surface area (Å²) in [6.07, 6.45) is 2.27. The molecule has 0 spiro atoms. The van der Waals surface area contributed by atoms with Crippen molar-refractivity contribution in [1.29, 1.82) is 0 Å². The van der Waals surface area contributed by atoms with Gasteiger partial charge >= 0.3 is 0 Å². The first kappa shape index (κ1) is 13.4. The summed E-state index contributed by atoms with van der Waals surface area (Å²) in [4.78, 5) is 0. The summed E-state index contributed by atoms with van der Waals surface area (Å²) >= 11 is 0. The van der Waals surface area contributed by atoms with E-state index in [1.807, 2.05) is 12.1 Å². The number of unbranched alkanes of at least 4 members (excludes halogenated alkanes) is 1. The van der Waals surface area contributed by atoms with Crippen LogP contribution in [-0.4, -0.2) is 25.9 Å². The molecule has 0 saturated carbocycles. The lowest BCUT2D eigenvalue weighted by Crippen LogP contribution is -2.41. The van der Waals surface area contributed by atoms with Gasteiger partial charge < -0.3 is 14.8 Å². The largest absolute Gasteiger partial charge is 0.494 e. The van der Waals surface area contributed by atoms with Crippen LogP contribution in [0.25, 0.3) is 0 Å². The zero-order valence-corrected chi connectivity index (χ0v) is 11.3. The number of hydrogen-bond acceptors (Lipinski definition) is 3. The predicted octanol–water partition coefficient (Wildman–Crippen LogP) is 2.91. The minimum Gasteiger partial charge on any atom is -0.494 e. The summed E-state index contributed by atoms with van der Waals surface area (Å²) in [5, 5.41) is 3.54. The first-order chi connectivity index (χ1) is 8.79. The quantitative estimate of drug-likeness (QED) is 0.814. The van der Waals surface area contributed by atoms with Crippen LogP contribution >= 0.6 is 0 Å². The maximum atomic E-state index is 5.66. The number of hydrogen-bond donors (Lipinski definition) is 1. The first-order valence-electron chi connectivity index (χ1n) is 6.86. The molecule has 3 heteroatoms. The number of rotatable bonds is 5. The van der Waals surface area contributed by atoms with E-state index < -0.39 is 0 Å². The number of nitrogens with one attached hydrogen (secondary N) is 1. The van der Waals surface area contributed by atoms with E-state index in [0.29, 0.717) is 12.1 Å². The van der Waals surface area contributed by atoms with Crippen molar-refractivity contribution in [2.45, 2.75) is 38.8 Å². The Balaban J connectivity index is 1.90. The lowest BCUT2D eigenvalue weighted by atomic mass is 10.1. The second kappa shape index (κ2) is 6.76. The molecule has 0 aliphatic carbocycles. The van der Waals surface area contributed by atoms with Crippen LogP contribution in [0, 0.1) is 0 Å². The zero-order chi connectivity index (χ0) is 12.8. The fourth-order valence-electron chi connectivity index (χ4n) is 2.13. The molecule has 18 heavy (non-hydrogen) atoms. The topological polar surface area (TPSA) is 30.5 Å². The molecule has 1 aromatic rings. The van der Waals surface area contributed by atoms with Gasteiger partial charge in [0.25, 0.3) is 0 Å². The van der Waals surface area contributed by atoms with E-state index in [9.17, 15) is 0 Å². The first-order valence-corrected chi connectivity index (χ1v) is 6.86. The molecule has 2 rings (SSSR count). The molecule has 1 heterocycles. The van der Waals surface area contributed by atoms with Gasteiger partial charge in [0.05, 0.1) is 25.9 Å². The Morgan fingerprint density at radius 2 is 2.06 bits per heavy atom. The standard InChI is InChI=1S/C15H23NO2/c1-3-4-9-18-14-7-5-13(6-8-14)15-11-17-10-12(2)16-15/h5-8,12,15-16H,3-4,9-11H2,1-2H3. The van der Waals surface area contributed by atoms with Crippen LogP contribution in [-0.2, 0) is 4.74 Å². The Hall–Kier alpha value is -1.06. The lowest BCUT2D eigenvalue weighted by Gasteiger charge is -2.29. The van der Waals surface area contributed by atoms with Crippen LogP contribution in [0.15, 0.2) is 24.3 Å². The average molecular weight is 249 g/mol. The fourth-order valence-corrected chi connectivity index (χ4v) is 2.13. The molecular weight excluding hydrogens is 226 g/mol. The highest BCUT2D eigenvalue weighted by Crippen LogP contribution is 2.21. The molecule has 3 nitrogen and oxygen atoms in total. The van der Waals surface area contributed by atoms with Gasteiger partial charge in [0, 0.05) is 6.04 Å². The van der Waals surface area contributed by atoms with Gasteiger partial charge in [-0.25, -0.2) is 0 Å². The Morgan fingerprint density at radius 3 is 2.72 bits per heavy atom. The van der Waals surface area contributed by atoms with E-state index >= 15 is 0 Å². The number of morpholine rings is 1. The minimum absolute atomic E-state index is 0.304. The number of ether oxygens (including phenoxy) is 2. The summed E-state index contributed by atoms with van der Waals surface area (Å²) < 4.78 is 11.2. The highest BCUT2D eigenvalue weighted by atomic mass is 16.5. The summed E-state index contributed by atoms with van der Waals surface area (Å²) in [7, 11) is 0. The summed E-state index contributed by atoms with van der Waals surface area (Å²) in [5.74, 6) is 0.956. The predicted molar refractivity (Wildman–Crippen MR) is 73.0 cm³/mol. The van der Waals surface area contributed by atoms with Crippen molar-refractivity contribution in [3.63, 3.8) is 0 Å². The summed E-state index contributed by atoms with van der Waals surface area (Å²) in [6.45, 7) is 6.67. The molecule has 0 bridgehead atoms. The smallest absolute Gasteiger partial charge is 0.119 e. The van der Waals surface area contributed by atoms with E-state index in [0.717, 1.165) is 32.0 Å². The molecule has 1 aliphatic heterocycles. The lowest BCUT2D eigenvalue weighted by molar-refractivity contribution is 0.0504. The summed E-state index contributed by atoms with van der Waals surface area (Å²) in [6, 6.07) is 9.07. The molecule has 1 saturated heterocycles. The minimum atomic E-state index is 0.304. The highest BCUT2D eigenvalue weighted by Gasteiger charge is 2.19. The molecule has 1 aliphatic rings. The van der Waals surface area contributed by atoms with Gasteiger partial charge in [-0.2, -0.15) is 0 Å². The van der Waals surface area contributed by atoms with Crippen LogP contribution in [0.3, 0.4) is 0 Å². The molecule has 2 unspecified atom stereocenters. The maximum Gasteiger partial charge on any atom is 0.119 e. The van der Waals surface area contributed by atoms with Crippen molar-refractivity contribution in [3.8, 4) is 5.75 Å². The fraction of sp³-hybridized carbons (Fsp3) is 0.600. The van der Waals surface area contributed by atoms with Crippen LogP contribution in [0.5, 0.6) is 5.75 Å². The zero-order valence-electron chi connectivity index (χ0n) is 11.3. The van der Waals surface area contributed by atoms with Gasteiger partial charge in [-0.05, 0) is 31.0 Å². The van der Waals surface area contributed by atoms with Gasteiger partial charge in [0.15, 0.2) is 0 Å². The molecule has 0 aromatic heterocycles. The van der Waals surface area contributed by atoms with Gasteiger partial charge in [-0.3, -0.25) is 0 Å². The monoisotopic (exact) mass is 249 g/mol. The molecule has 1 aromatic carbocycles. The van der Waals surface area contributed by atoms with Crippen LogP contribution in [0.4, 0.5) is 0 Å². The van der Waals surface area contributed by atoms with Crippen LogP contribution < -0.4 is 10.1 Å². The van der Waals surface area contributed by atoms with Gasteiger partial charge in [-0.15, -0.1) is 0 Å². The molecule has 2 atom stereocenters. The molecule has 0 amide bonds. The molecule has 1 N–H and O–H groups in total. The van der Waals surface area contributed by atoms with E-state index in [1.165, 1.54) is 12.0 Å². The van der Waals surface area contributed by atoms with Crippen molar-refractivity contribution >= 4 is 0 Å². The van der Waals surface area contributed by atoms with Crippen molar-refractivity contribution in [2.75, 3.05) is 19.8 Å². The van der Waals surface area contributed by atoms with E-state index in [-0.39, 0.29) is 0 Å². The molecule has 100 valence electrons. The Kier molecular flexibility index (Phi) is 5.02. The number of benzene rings is 1. The second-order valence-electron chi connectivity index (χ2n) is 4.93. The van der Waals surface area contributed by atoms with Crippen molar-refractivity contribution in [2.24, 2.45) is 0 Å². The van der Waals surface area contributed by atoms with Gasteiger partial charge in [-0.1, -0.05) is 25.5 Å². The second-order valence-corrected chi connectivity index (χ2v) is 4.93. The molecule has 1 fully saturated rings. The SMILES string of the molecule is CCCCOc1ccc(C2COCC(C)N2)cc1. The summed E-state index contributed by atoms with van der Waals surface area (Å²) in [5.41, 5.74) is 1.27. The third-order valence-electron chi connectivity index (χ3n) is 3.19. The third-order valence-corrected chi connectivity index (χ3v) is 3.19. The Morgan fingerprint density at radius 1 is 1.28 bits per heavy atom. The van der Waals surface area contributed by atoms with Crippen molar-refractivity contribution in [1.82, 2.24) is 5.32 Å². The average Bonchev–Trinajstić information content (AvgIpc) is 2.40. The molecular formula is C15H23NO2. The third kappa shape index (κ3) is 3.72. The highest BCUT2D eigenvalue weighted by molar-refractivity contribution is 5.29. The van der Waals surface area contributed by atoms with Gasteiger partial charge in [0.2, 0.25) is 0 Å². The molecule has 0 radical (unpaired) electrons. The van der Waals surface area contributed by atoms with Crippen LogP contribution in [0.1, 0.15) is 38.3 Å². The van der Waals surface area contributed by atoms with E-state index in [1.54, 1.807) is 0 Å². The van der Waals surface area contributed by atoms with E-state index in [4.69, 9.17) is 9.47 Å². The van der Waals surface area contributed by atoms with Crippen molar-refractivity contribution in [3.05, 3.63) is 29.8 Å². The normalized spacial score (nSPS) is 23.9. The van der Waals surface area contributed by atoms with Gasteiger partial charge in [0.1, 0.15) is 5.75 Å². The van der Waals surface area contributed by atoms with Crippen molar-refractivity contribution < 1.29 is 9.47 Å². The Labute approximate surface area is 109 Å².